The zero-order chi connectivity index (χ0) is 26.5. The van der Waals surface area contributed by atoms with Crippen LogP contribution in [0.4, 0.5) is 16.2 Å². The number of rotatable bonds is 5. The Bertz CT molecular complexity index is 1380. The van der Waals surface area contributed by atoms with E-state index in [1.807, 2.05) is 44.1 Å². The Morgan fingerprint density at radius 3 is 2.41 bits per heavy atom. The van der Waals surface area contributed by atoms with Gasteiger partial charge in [0.15, 0.2) is 5.82 Å². The van der Waals surface area contributed by atoms with Gasteiger partial charge in [-0.25, -0.2) is 24.3 Å². The zero-order valence-electron chi connectivity index (χ0n) is 21.9. The third kappa shape index (κ3) is 5.75. The molecule has 9 nitrogen and oxygen atoms in total. The van der Waals surface area contributed by atoms with Crippen molar-refractivity contribution in [3.63, 3.8) is 0 Å². The lowest BCUT2D eigenvalue weighted by atomic mass is 10.1. The molecule has 0 radical (unpaired) electrons. The highest BCUT2D eigenvalue weighted by molar-refractivity contribution is 5.94. The molecule has 1 fully saturated rings. The fourth-order valence-corrected chi connectivity index (χ4v) is 4.45. The van der Waals surface area contributed by atoms with Crippen molar-refractivity contribution < 1.29 is 9.18 Å². The summed E-state index contributed by atoms with van der Waals surface area (Å²) < 4.78 is 16.8. The van der Waals surface area contributed by atoms with Crippen molar-refractivity contribution in [1.29, 1.82) is 0 Å². The Labute approximate surface area is 216 Å². The lowest BCUT2D eigenvalue weighted by Gasteiger charge is -2.15. The van der Waals surface area contributed by atoms with Crippen molar-refractivity contribution in [2.75, 3.05) is 32.5 Å². The number of carbonyl (C=O) groups is 1. The second kappa shape index (κ2) is 11.4. The van der Waals surface area contributed by atoms with Gasteiger partial charge in [0.1, 0.15) is 17.3 Å². The first kappa shape index (κ1) is 26.2. The Balaban J connectivity index is 0.00000102. The molecular weight excluding hydrogens is 471 g/mol. The molecule has 4 aromatic rings. The third-order valence-electron chi connectivity index (χ3n) is 6.04. The molecular formula is C27H33FN8O. The summed E-state index contributed by atoms with van der Waals surface area (Å²) in [5.41, 5.74) is 3.15. The summed E-state index contributed by atoms with van der Waals surface area (Å²) in [6.45, 7) is 7.71. The van der Waals surface area contributed by atoms with E-state index < -0.39 is 5.82 Å². The summed E-state index contributed by atoms with van der Waals surface area (Å²) in [5, 5.41) is 5.76. The van der Waals surface area contributed by atoms with E-state index in [9.17, 15) is 9.18 Å². The molecule has 194 valence electrons. The summed E-state index contributed by atoms with van der Waals surface area (Å²) in [7, 11) is 3.75. The molecule has 3 aromatic heterocycles. The number of carbonyl (C=O) groups excluding carboxylic acids is 1. The van der Waals surface area contributed by atoms with Crippen molar-refractivity contribution in [3.05, 3.63) is 59.9 Å². The summed E-state index contributed by atoms with van der Waals surface area (Å²) >= 11 is 0. The van der Waals surface area contributed by atoms with Gasteiger partial charge in [-0.15, -0.1) is 0 Å². The van der Waals surface area contributed by atoms with Crippen molar-refractivity contribution >= 4 is 28.7 Å². The van der Waals surface area contributed by atoms with E-state index in [1.54, 1.807) is 12.1 Å². The molecule has 1 aromatic carbocycles. The number of anilines is 2. The van der Waals surface area contributed by atoms with E-state index in [-0.39, 0.29) is 23.6 Å². The molecule has 0 aliphatic carbocycles. The molecule has 1 aliphatic rings. The smallest absolute Gasteiger partial charge is 0.255 e. The third-order valence-corrected chi connectivity index (χ3v) is 6.04. The van der Waals surface area contributed by atoms with E-state index in [1.165, 1.54) is 6.20 Å². The lowest BCUT2D eigenvalue weighted by molar-refractivity contribution is 0.0792. The summed E-state index contributed by atoms with van der Waals surface area (Å²) in [5.74, 6) is 1.07. The minimum atomic E-state index is -0.517. The monoisotopic (exact) mass is 504 g/mol. The van der Waals surface area contributed by atoms with Crippen molar-refractivity contribution in [1.82, 2.24) is 34.7 Å². The molecule has 2 N–H and O–H groups in total. The fourth-order valence-electron chi connectivity index (χ4n) is 4.45. The second-order valence-corrected chi connectivity index (χ2v) is 9.27. The molecule has 0 saturated carbocycles. The Kier molecular flexibility index (Phi) is 8.08. The molecule has 37 heavy (non-hydrogen) atoms. The van der Waals surface area contributed by atoms with Crippen LogP contribution in [0.5, 0.6) is 0 Å². The van der Waals surface area contributed by atoms with Gasteiger partial charge in [0.05, 0.1) is 22.8 Å². The van der Waals surface area contributed by atoms with Crippen LogP contribution in [0.2, 0.25) is 0 Å². The minimum absolute atomic E-state index is 0.0110. The molecule has 1 saturated heterocycles. The van der Waals surface area contributed by atoms with Crippen LogP contribution in [0.15, 0.2) is 42.7 Å². The standard InChI is InChI=1S/C25H26FN7O.C2H7N/c1-15(2)33-16(3)29-20-8-6-17(12-21(20)33)23-19(26)14-28-25(31-23)30-22-9-7-18(13-27-22)24(34)32-10-4-5-11-32;1-3-2/h6-9,12-15H,4-5,10-11H2,1-3H3,(H,27,28,30,31);3H,1-2H3. The van der Waals surface area contributed by atoms with E-state index >= 15 is 0 Å². The Hall–Kier alpha value is -3.92. The van der Waals surface area contributed by atoms with Crippen LogP contribution in [-0.4, -0.2) is 62.5 Å². The van der Waals surface area contributed by atoms with E-state index in [0.29, 0.717) is 16.9 Å². The largest absolute Gasteiger partial charge is 0.339 e. The molecule has 0 atom stereocenters. The number of fused-ring (bicyclic) bond motifs is 1. The molecule has 0 spiro atoms. The fraction of sp³-hybridized carbons (Fsp3) is 0.370. The number of hydrogen-bond donors (Lipinski definition) is 2. The number of halogens is 1. The average molecular weight is 505 g/mol. The van der Waals surface area contributed by atoms with Crippen molar-refractivity contribution in [3.8, 4) is 11.3 Å². The molecule has 10 heteroatoms. The maximum atomic E-state index is 14.7. The highest BCUT2D eigenvalue weighted by atomic mass is 19.1. The van der Waals surface area contributed by atoms with Crippen LogP contribution in [0.25, 0.3) is 22.3 Å². The summed E-state index contributed by atoms with van der Waals surface area (Å²) in [6, 6.07) is 9.24. The molecule has 5 rings (SSSR count). The topological polar surface area (TPSA) is 101 Å². The van der Waals surface area contributed by atoms with Gasteiger partial charge < -0.3 is 20.1 Å². The van der Waals surface area contributed by atoms with Crippen LogP contribution in [0.1, 0.15) is 48.9 Å². The van der Waals surface area contributed by atoms with Gasteiger partial charge in [-0.3, -0.25) is 4.79 Å². The van der Waals surface area contributed by atoms with E-state index in [4.69, 9.17) is 0 Å². The normalized spacial score (nSPS) is 13.1. The van der Waals surface area contributed by atoms with Crippen LogP contribution >= 0.6 is 0 Å². The second-order valence-electron chi connectivity index (χ2n) is 9.27. The quantitative estimate of drug-likeness (QED) is 0.405. The van der Waals surface area contributed by atoms with Crippen LogP contribution in [0, 0.1) is 12.7 Å². The number of amides is 1. The number of nitrogens with zero attached hydrogens (tertiary/aromatic N) is 6. The predicted octanol–water partition coefficient (Wildman–Crippen LogP) is 4.73. The van der Waals surface area contributed by atoms with Gasteiger partial charge in [0.2, 0.25) is 5.95 Å². The number of likely N-dealkylation sites (tertiary alicyclic amines) is 1. The van der Waals surface area contributed by atoms with Gasteiger partial charge >= 0.3 is 0 Å². The SMILES string of the molecule is CNC.Cc1nc2ccc(-c3nc(Nc4ccc(C(=O)N5CCCC5)cn4)ncc3F)cc2n1C(C)C. The Morgan fingerprint density at radius 1 is 1.03 bits per heavy atom. The maximum absolute atomic E-state index is 14.7. The van der Waals surface area contributed by atoms with Gasteiger partial charge in [-0.2, -0.15) is 0 Å². The van der Waals surface area contributed by atoms with Crippen LogP contribution in [-0.2, 0) is 0 Å². The molecule has 1 amide bonds. The number of benzene rings is 1. The number of aromatic nitrogens is 5. The molecule has 4 heterocycles. The first-order chi connectivity index (χ1) is 17.8. The average Bonchev–Trinajstić information content (AvgIpc) is 3.53. The highest BCUT2D eigenvalue weighted by Gasteiger charge is 2.20. The molecule has 0 bridgehead atoms. The van der Waals surface area contributed by atoms with E-state index in [2.05, 4.69) is 49.0 Å². The summed E-state index contributed by atoms with van der Waals surface area (Å²) in [6.07, 6.45) is 4.76. The van der Waals surface area contributed by atoms with Crippen molar-refractivity contribution in [2.24, 2.45) is 0 Å². The first-order valence-corrected chi connectivity index (χ1v) is 12.4. The predicted molar refractivity (Wildman–Crippen MR) is 143 cm³/mol. The van der Waals surface area contributed by atoms with Crippen LogP contribution < -0.4 is 10.6 Å². The Morgan fingerprint density at radius 2 is 1.76 bits per heavy atom. The number of hydrogen-bond acceptors (Lipinski definition) is 7. The van der Waals surface area contributed by atoms with Gasteiger partial charge in [-0.05, 0) is 72.0 Å². The number of pyridine rings is 1. The van der Waals surface area contributed by atoms with Crippen molar-refractivity contribution in [2.45, 2.75) is 39.7 Å². The highest BCUT2D eigenvalue weighted by Crippen LogP contribution is 2.28. The van der Waals surface area contributed by atoms with Gasteiger partial charge in [0, 0.05) is 30.9 Å². The number of aryl methyl sites for hydroxylation is 1. The number of nitrogens with one attached hydrogen (secondary N) is 2. The van der Waals surface area contributed by atoms with E-state index in [0.717, 1.165) is 49.0 Å². The maximum Gasteiger partial charge on any atom is 0.255 e. The lowest BCUT2D eigenvalue weighted by Crippen LogP contribution is -2.27. The summed E-state index contributed by atoms with van der Waals surface area (Å²) in [4.78, 5) is 31.7. The minimum Gasteiger partial charge on any atom is -0.339 e. The van der Waals surface area contributed by atoms with Gasteiger partial charge in [0.25, 0.3) is 5.91 Å². The van der Waals surface area contributed by atoms with Gasteiger partial charge in [-0.1, -0.05) is 6.07 Å². The zero-order valence-corrected chi connectivity index (χ0v) is 21.9. The molecule has 1 aliphatic heterocycles. The first-order valence-electron chi connectivity index (χ1n) is 12.4. The molecule has 0 unspecified atom stereocenters. The van der Waals surface area contributed by atoms with Crippen LogP contribution in [0.3, 0.4) is 0 Å². The number of imidazole rings is 1.